The van der Waals surface area contributed by atoms with Crippen molar-refractivity contribution in [3.05, 3.63) is 72.3 Å². The van der Waals surface area contributed by atoms with Crippen molar-refractivity contribution in [2.75, 3.05) is 22.5 Å². The Morgan fingerprint density at radius 1 is 0.970 bits per heavy atom. The quantitative estimate of drug-likeness (QED) is 0.371. The summed E-state index contributed by atoms with van der Waals surface area (Å²) >= 11 is 5.27. The Hall–Kier alpha value is -3.44. The lowest BCUT2D eigenvalue weighted by molar-refractivity contribution is -0.0498. The van der Waals surface area contributed by atoms with Gasteiger partial charge in [-0.25, -0.2) is 8.42 Å². The molecule has 0 saturated heterocycles. The van der Waals surface area contributed by atoms with Crippen LogP contribution in [-0.2, 0) is 10.0 Å². The molecule has 0 radical (unpaired) electrons. The number of thiocarbonyl (C=S) groups is 1. The second-order valence-corrected chi connectivity index (χ2v) is 8.83. The molecule has 0 spiro atoms. The highest BCUT2D eigenvalue weighted by Gasteiger charge is 2.19. The lowest BCUT2D eigenvalue weighted by atomic mass is 10.2. The number of methoxy groups -OCH3 is 1. The number of para-hydroxylation sites is 2. The first kappa shape index (κ1) is 24.2. The van der Waals surface area contributed by atoms with Crippen LogP contribution in [0.4, 0.5) is 25.8 Å². The van der Waals surface area contributed by atoms with Crippen LogP contribution >= 0.6 is 12.2 Å². The summed E-state index contributed by atoms with van der Waals surface area (Å²) in [6.07, 6.45) is 0. The molecule has 0 aromatic heterocycles. The molecule has 33 heavy (non-hydrogen) atoms. The molecule has 3 aromatic carbocycles. The minimum atomic E-state index is -3.92. The number of hydrogen-bond acceptors (Lipinski definition) is 5. The molecule has 174 valence electrons. The molecule has 0 aliphatic heterocycles. The fourth-order valence-electron chi connectivity index (χ4n) is 2.91. The molecule has 0 fully saturated rings. The van der Waals surface area contributed by atoms with E-state index in [1.165, 1.54) is 37.4 Å². The van der Waals surface area contributed by atoms with Crippen molar-refractivity contribution >= 4 is 44.4 Å². The molecule has 3 N–H and O–H groups in total. The molecule has 3 rings (SSSR count). The van der Waals surface area contributed by atoms with E-state index in [9.17, 15) is 17.2 Å². The number of ether oxygens (including phenoxy) is 2. The van der Waals surface area contributed by atoms with E-state index in [1.807, 2.05) is 0 Å². The minimum absolute atomic E-state index is 0.0188. The molecule has 0 amide bonds. The van der Waals surface area contributed by atoms with Gasteiger partial charge in [-0.15, -0.1) is 0 Å². The third kappa shape index (κ3) is 6.53. The van der Waals surface area contributed by atoms with Gasteiger partial charge in [-0.2, -0.15) is 8.78 Å². The van der Waals surface area contributed by atoms with Gasteiger partial charge in [0, 0.05) is 11.4 Å². The van der Waals surface area contributed by atoms with E-state index in [1.54, 1.807) is 43.3 Å². The van der Waals surface area contributed by atoms with Crippen molar-refractivity contribution in [3.8, 4) is 11.5 Å². The summed E-state index contributed by atoms with van der Waals surface area (Å²) < 4.78 is 62.6. The van der Waals surface area contributed by atoms with Crippen molar-refractivity contribution in [2.45, 2.75) is 18.4 Å². The number of hydrogen-bond donors (Lipinski definition) is 3. The van der Waals surface area contributed by atoms with E-state index in [4.69, 9.17) is 17.0 Å². The van der Waals surface area contributed by atoms with Crippen LogP contribution in [0.5, 0.6) is 11.5 Å². The third-order valence-electron chi connectivity index (χ3n) is 4.42. The van der Waals surface area contributed by atoms with Crippen LogP contribution in [-0.4, -0.2) is 27.3 Å². The van der Waals surface area contributed by atoms with E-state index < -0.39 is 16.6 Å². The van der Waals surface area contributed by atoms with Gasteiger partial charge in [-0.1, -0.05) is 18.2 Å². The average molecular weight is 494 g/mol. The van der Waals surface area contributed by atoms with Crippen LogP contribution in [0.2, 0.25) is 0 Å². The molecular weight excluding hydrogens is 472 g/mol. The zero-order chi connectivity index (χ0) is 24.0. The summed E-state index contributed by atoms with van der Waals surface area (Å²) in [5.41, 5.74) is 1.83. The zero-order valence-electron chi connectivity index (χ0n) is 17.6. The first-order chi connectivity index (χ1) is 15.7. The zero-order valence-corrected chi connectivity index (χ0v) is 19.3. The fraction of sp³-hybridized carbons (Fsp3) is 0.136. The number of aryl methyl sites for hydroxylation is 1. The highest BCUT2D eigenvalue weighted by Crippen LogP contribution is 2.28. The van der Waals surface area contributed by atoms with Crippen LogP contribution in [0, 0.1) is 6.92 Å². The predicted molar refractivity (Wildman–Crippen MR) is 128 cm³/mol. The highest BCUT2D eigenvalue weighted by molar-refractivity contribution is 7.92. The smallest absolute Gasteiger partial charge is 0.387 e. The number of anilines is 3. The van der Waals surface area contributed by atoms with E-state index in [0.717, 1.165) is 0 Å². The number of halogens is 2. The third-order valence-corrected chi connectivity index (χ3v) is 6.14. The van der Waals surface area contributed by atoms with E-state index in [-0.39, 0.29) is 15.8 Å². The maximum absolute atomic E-state index is 13.0. The molecule has 0 saturated carbocycles. The highest BCUT2D eigenvalue weighted by atomic mass is 32.2. The van der Waals surface area contributed by atoms with Crippen molar-refractivity contribution in [1.29, 1.82) is 0 Å². The first-order valence-corrected chi connectivity index (χ1v) is 11.5. The monoisotopic (exact) mass is 493 g/mol. The van der Waals surface area contributed by atoms with Crippen LogP contribution < -0.4 is 24.8 Å². The number of nitrogens with one attached hydrogen (secondary N) is 3. The SMILES string of the molecule is COc1ccccc1NS(=O)(=O)c1cc(NC(=S)Nc2ccc(OC(F)F)cc2)ccc1C. The first-order valence-electron chi connectivity index (χ1n) is 9.57. The molecular formula is C22H21F2N3O4S2. The van der Waals surface area contributed by atoms with Crippen LogP contribution in [0.25, 0.3) is 0 Å². The van der Waals surface area contributed by atoms with Crippen LogP contribution in [0.3, 0.4) is 0 Å². The van der Waals surface area contributed by atoms with Crippen molar-refractivity contribution in [1.82, 2.24) is 0 Å². The van der Waals surface area contributed by atoms with Gasteiger partial charge >= 0.3 is 6.61 Å². The Morgan fingerprint density at radius 2 is 1.61 bits per heavy atom. The van der Waals surface area contributed by atoms with Gasteiger partial charge in [0.1, 0.15) is 11.5 Å². The molecule has 0 heterocycles. The van der Waals surface area contributed by atoms with Gasteiger partial charge in [0.2, 0.25) is 0 Å². The van der Waals surface area contributed by atoms with Crippen molar-refractivity contribution in [2.24, 2.45) is 0 Å². The van der Waals surface area contributed by atoms with Gasteiger partial charge in [0.25, 0.3) is 10.0 Å². The molecule has 11 heteroatoms. The Bertz CT molecular complexity index is 1240. The van der Waals surface area contributed by atoms with Crippen molar-refractivity contribution in [3.63, 3.8) is 0 Å². The molecule has 0 unspecified atom stereocenters. The summed E-state index contributed by atoms with van der Waals surface area (Å²) in [7, 11) is -2.46. The summed E-state index contributed by atoms with van der Waals surface area (Å²) in [6, 6.07) is 17.3. The largest absolute Gasteiger partial charge is 0.495 e. The van der Waals surface area contributed by atoms with Gasteiger partial charge in [-0.3, -0.25) is 4.72 Å². The maximum atomic E-state index is 13.0. The topological polar surface area (TPSA) is 88.7 Å². The van der Waals surface area contributed by atoms with E-state index in [0.29, 0.717) is 28.4 Å². The summed E-state index contributed by atoms with van der Waals surface area (Å²) in [5, 5.41) is 5.99. The molecule has 0 atom stereocenters. The van der Waals surface area contributed by atoms with Gasteiger partial charge in [0.05, 0.1) is 17.7 Å². The standard InChI is InChI=1S/C22H21F2N3O4S2/c1-14-7-8-16(26-22(32)25-15-9-11-17(12-10-15)31-21(23)24)13-20(14)33(28,29)27-18-5-3-4-6-19(18)30-2/h3-13,21,27H,1-2H3,(H2,25,26,32). The van der Waals surface area contributed by atoms with E-state index in [2.05, 4.69) is 20.1 Å². The summed E-state index contributed by atoms with van der Waals surface area (Å²) in [4.78, 5) is 0.0645. The predicted octanol–water partition coefficient (Wildman–Crippen LogP) is 5.21. The Kier molecular flexibility index (Phi) is 7.67. The number of sulfonamides is 1. The number of rotatable bonds is 8. The fourth-order valence-corrected chi connectivity index (χ4v) is 4.49. The molecule has 0 aliphatic rings. The maximum Gasteiger partial charge on any atom is 0.387 e. The second-order valence-electron chi connectivity index (χ2n) is 6.77. The Morgan fingerprint density at radius 3 is 2.27 bits per heavy atom. The minimum Gasteiger partial charge on any atom is -0.495 e. The lowest BCUT2D eigenvalue weighted by Crippen LogP contribution is -2.20. The lowest BCUT2D eigenvalue weighted by Gasteiger charge is -2.15. The molecule has 0 aliphatic carbocycles. The molecule has 0 bridgehead atoms. The Balaban J connectivity index is 1.73. The van der Waals surface area contributed by atoms with E-state index >= 15 is 0 Å². The van der Waals surface area contributed by atoms with Gasteiger partial charge < -0.3 is 20.1 Å². The average Bonchev–Trinajstić information content (AvgIpc) is 2.76. The normalized spacial score (nSPS) is 11.1. The van der Waals surface area contributed by atoms with Crippen molar-refractivity contribution < 1.29 is 26.7 Å². The van der Waals surface area contributed by atoms with Crippen LogP contribution in [0.15, 0.2) is 71.6 Å². The number of benzene rings is 3. The Labute approximate surface area is 195 Å². The van der Waals surface area contributed by atoms with Crippen LogP contribution in [0.1, 0.15) is 5.56 Å². The van der Waals surface area contributed by atoms with Gasteiger partial charge in [-0.05, 0) is 73.2 Å². The molecule has 7 nitrogen and oxygen atoms in total. The molecule has 3 aromatic rings. The van der Waals surface area contributed by atoms with Gasteiger partial charge in [0.15, 0.2) is 5.11 Å². The summed E-state index contributed by atoms with van der Waals surface area (Å²) in [5.74, 6) is 0.411. The summed E-state index contributed by atoms with van der Waals surface area (Å²) in [6.45, 7) is -1.23. The second kappa shape index (κ2) is 10.5. The number of alkyl halides is 2.